The van der Waals surface area contributed by atoms with E-state index in [0.717, 1.165) is 55.1 Å². The fraction of sp³-hybridized carbons (Fsp3) is 0.447. The maximum absolute atomic E-state index is 12.8. The van der Waals surface area contributed by atoms with E-state index in [1.807, 2.05) is 80.6 Å². The Morgan fingerprint density at radius 3 is 2.57 bits per heavy atom. The number of anilines is 1. The van der Waals surface area contributed by atoms with Crippen LogP contribution in [0, 0.1) is 13.8 Å². The van der Waals surface area contributed by atoms with Crippen LogP contribution in [0.5, 0.6) is 11.5 Å². The zero-order valence-corrected chi connectivity index (χ0v) is 28.2. The van der Waals surface area contributed by atoms with Gasteiger partial charge >= 0.3 is 5.97 Å². The number of ether oxygens (including phenoxy) is 4. The number of hydrogen-bond donors (Lipinski definition) is 0. The van der Waals surface area contributed by atoms with E-state index in [0.29, 0.717) is 12.2 Å². The average molecular weight is 642 g/mol. The molecular formula is C38H47N3O6. The summed E-state index contributed by atoms with van der Waals surface area (Å²) in [6.45, 7) is 9.82. The third kappa shape index (κ3) is 9.58. The van der Waals surface area contributed by atoms with Gasteiger partial charge in [-0.2, -0.15) is 0 Å². The Bertz CT molecular complexity index is 1520. The number of oxime groups is 1. The molecule has 2 aromatic carbocycles. The Morgan fingerprint density at radius 2 is 1.81 bits per heavy atom. The number of esters is 1. The number of carbonyl (C=O) groups is 1. The topological polar surface area (TPSA) is 91.7 Å². The van der Waals surface area contributed by atoms with Gasteiger partial charge in [0.1, 0.15) is 42.5 Å². The maximum Gasteiger partial charge on any atom is 0.306 e. The van der Waals surface area contributed by atoms with E-state index in [1.54, 1.807) is 7.11 Å². The number of fused-ring (bicyclic) bond motifs is 1. The van der Waals surface area contributed by atoms with E-state index in [-0.39, 0.29) is 31.2 Å². The van der Waals surface area contributed by atoms with E-state index in [9.17, 15) is 4.79 Å². The molecule has 4 unspecified atom stereocenters. The van der Waals surface area contributed by atoms with Gasteiger partial charge in [-0.1, -0.05) is 41.6 Å². The summed E-state index contributed by atoms with van der Waals surface area (Å²) in [6, 6.07) is 19.6. The molecule has 0 bridgehead atoms. The zero-order chi connectivity index (χ0) is 33.2. The molecule has 0 saturated heterocycles. The molecule has 0 amide bonds. The summed E-state index contributed by atoms with van der Waals surface area (Å²) in [5.41, 5.74) is 6.42. The van der Waals surface area contributed by atoms with Crippen molar-refractivity contribution in [2.75, 3.05) is 31.7 Å². The van der Waals surface area contributed by atoms with Crippen LogP contribution in [0.1, 0.15) is 68.1 Å². The Labute approximate surface area is 278 Å². The molecule has 2 aliphatic heterocycles. The maximum atomic E-state index is 12.8. The van der Waals surface area contributed by atoms with Crippen LogP contribution in [0.25, 0.3) is 0 Å². The van der Waals surface area contributed by atoms with Crippen molar-refractivity contribution in [1.82, 2.24) is 4.98 Å². The second kappa shape index (κ2) is 16.5. The van der Waals surface area contributed by atoms with Crippen molar-refractivity contribution in [1.29, 1.82) is 0 Å². The minimum atomic E-state index is -0.498. The van der Waals surface area contributed by atoms with E-state index >= 15 is 0 Å². The number of aromatic nitrogens is 1. The number of nitrogens with zero attached hydrogens (tertiary/aromatic N) is 3. The molecule has 0 aliphatic carbocycles. The molecule has 3 aromatic rings. The van der Waals surface area contributed by atoms with Gasteiger partial charge < -0.3 is 28.7 Å². The van der Waals surface area contributed by atoms with Crippen LogP contribution in [0.4, 0.5) is 5.69 Å². The first-order valence-electron chi connectivity index (χ1n) is 16.6. The molecule has 5 rings (SSSR count). The first kappa shape index (κ1) is 34.0. The fourth-order valence-corrected chi connectivity index (χ4v) is 5.74. The molecule has 4 atom stereocenters. The van der Waals surface area contributed by atoms with Gasteiger partial charge in [-0.15, -0.1) is 0 Å². The number of benzene rings is 2. The van der Waals surface area contributed by atoms with Gasteiger partial charge in [-0.05, 0) is 101 Å². The highest BCUT2D eigenvalue weighted by atomic mass is 16.6. The first-order valence-corrected chi connectivity index (χ1v) is 16.6. The molecule has 0 N–H and O–H groups in total. The van der Waals surface area contributed by atoms with Gasteiger partial charge in [0.15, 0.2) is 0 Å². The van der Waals surface area contributed by atoms with Gasteiger partial charge in [0.05, 0.1) is 37.2 Å². The molecule has 9 heteroatoms. The first-order chi connectivity index (χ1) is 22.8. The number of methoxy groups -OCH3 is 1. The monoisotopic (exact) mass is 641 g/mol. The van der Waals surface area contributed by atoms with Crippen LogP contribution in [0.15, 0.2) is 78.0 Å². The van der Waals surface area contributed by atoms with E-state index in [4.69, 9.17) is 28.8 Å². The molecule has 9 nitrogen and oxygen atoms in total. The standard InChI is InChI=1S/C38H47N3O6/c1-26-23-34-33(39-29(26)4)13-9-10-22-41(34)24-28(3)47-40-27(2)14-21-38(42)44-25-37-36(45-32-17-15-31(43-5)16-18-32)20-19-35(46-37)30-11-7-6-8-12-30/h6-8,11-12,15-20,23,28,35-37H,9-10,13-14,21-22,24-25H2,1-5H3. The van der Waals surface area contributed by atoms with E-state index < -0.39 is 12.2 Å². The van der Waals surface area contributed by atoms with Crippen LogP contribution in [0.2, 0.25) is 0 Å². The Morgan fingerprint density at radius 1 is 1.04 bits per heavy atom. The second-order valence-electron chi connectivity index (χ2n) is 12.3. The van der Waals surface area contributed by atoms with E-state index in [2.05, 4.69) is 30.0 Å². The molecule has 0 saturated carbocycles. The molecular weight excluding hydrogens is 594 g/mol. The molecule has 2 aliphatic rings. The fourth-order valence-electron chi connectivity index (χ4n) is 5.74. The number of aryl methyl sites for hydroxylation is 3. The SMILES string of the molecule is COc1ccc(OC2C=CC(c3ccccc3)OC2COC(=O)CCC(C)=NOC(C)CN2CCCCc3nc(C)c(C)cc32)cc1. The van der Waals surface area contributed by atoms with Crippen molar-refractivity contribution in [3.05, 3.63) is 95.3 Å². The van der Waals surface area contributed by atoms with Crippen LogP contribution >= 0.6 is 0 Å². The molecule has 0 spiro atoms. The molecule has 47 heavy (non-hydrogen) atoms. The number of carbonyl (C=O) groups excluding carboxylic acids is 1. The summed E-state index contributed by atoms with van der Waals surface area (Å²) in [7, 11) is 1.62. The molecule has 0 radical (unpaired) electrons. The van der Waals surface area contributed by atoms with Crippen molar-refractivity contribution in [2.24, 2.45) is 5.16 Å². The summed E-state index contributed by atoms with van der Waals surface area (Å²) in [5.74, 6) is 1.08. The van der Waals surface area contributed by atoms with Gasteiger partial charge in [-0.25, -0.2) is 0 Å². The molecule has 1 aromatic heterocycles. The minimum absolute atomic E-state index is 0.0578. The second-order valence-corrected chi connectivity index (χ2v) is 12.3. The highest BCUT2D eigenvalue weighted by Crippen LogP contribution is 2.30. The normalized spacial score (nSPS) is 20.1. The third-order valence-electron chi connectivity index (χ3n) is 8.54. The zero-order valence-electron chi connectivity index (χ0n) is 28.2. The van der Waals surface area contributed by atoms with Crippen LogP contribution in [-0.2, 0) is 25.5 Å². The Balaban J connectivity index is 1.12. The van der Waals surface area contributed by atoms with Crippen LogP contribution in [-0.4, -0.2) is 61.8 Å². The minimum Gasteiger partial charge on any atom is -0.497 e. The Kier molecular flexibility index (Phi) is 11.9. The Hall–Kier alpha value is -4.37. The van der Waals surface area contributed by atoms with Crippen molar-refractivity contribution in [3.8, 4) is 11.5 Å². The lowest BCUT2D eigenvalue weighted by molar-refractivity contribution is -0.152. The summed E-state index contributed by atoms with van der Waals surface area (Å²) < 4.78 is 23.6. The van der Waals surface area contributed by atoms with Crippen molar-refractivity contribution >= 4 is 17.4 Å². The quantitative estimate of drug-likeness (QED) is 0.0845. The molecule has 3 heterocycles. The van der Waals surface area contributed by atoms with E-state index in [1.165, 1.54) is 16.9 Å². The highest BCUT2D eigenvalue weighted by Gasteiger charge is 2.31. The van der Waals surface area contributed by atoms with Gasteiger partial charge in [0, 0.05) is 12.2 Å². The predicted molar refractivity (Wildman–Crippen MR) is 183 cm³/mol. The van der Waals surface area contributed by atoms with Crippen LogP contribution in [0.3, 0.4) is 0 Å². The molecule has 250 valence electrons. The van der Waals surface area contributed by atoms with Crippen molar-refractivity contribution in [3.63, 3.8) is 0 Å². The lowest BCUT2D eigenvalue weighted by atomic mass is 10.0. The number of hydrogen-bond acceptors (Lipinski definition) is 9. The van der Waals surface area contributed by atoms with Gasteiger partial charge in [-0.3, -0.25) is 9.78 Å². The summed E-state index contributed by atoms with van der Waals surface area (Å²) >= 11 is 0. The summed E-state index contributed by atoms with van der Waals surface area (Å²) in [6.07, 6.45) is 6.51. The average Bonchev–Trinajstić information content (AvgIpc) is 3.28. The molecule has 0 fully saturated rings. The lowest BCUT2D eigenvalue weighted by Crippen LogP contribution is -2.40. The van der Waals surface area contributed by atoms with Gasteiger partial charge in [0.2, 0.25) is 0 Å². The smallest absolute Gasteiger partial charge is 0.306 e. The largest absolute Gasteiger partial charge is 0.497 e. The number of rotatable bonds is 13. The highest BCUT2D eigenvalue weighted by molar-refractivity contribution is 5.85. The summed E-state index contributed by atoms with van der Waals surface area (Å²) in [5, 5.41) is 4.34. The predicted octanol–water partition coefficient (Wildman–Crippen LogP) is 7.10. The third-order valence-corrected chi connectivity index (χ3v) is 8.54. The van der Waals surface area contributed by atoms with Crippen molar-refractivity contribution in [2.45, 2.75) is 84.2 Å². The van der Waals surface area contributed by atoms with Crippen molar-refractivity contribution < 1.29 is 28.6 Å². The van der Waals surface area contributed by atoms with Gasteiger partial charge in [0.25, 0.3) is 0 Å². The van der Waals surface area contributed by atoms with Crippen LogP contribution < -0.4 is 14.4 Å². The summed E-state index contributed by atoms with van der Waals surface area (Å²) in [4.78, 5) is 25.9. The number of pyridine rings is 1. The lowest BCUT2D eigenvalue weighted by Gasteiger charge is -2.32.